The maximum atomic E-state index is 8.61. The molecule has 0 amide bonds. The summed E-state index contributed by atoms with van der Waals surface area (Å²) >= 11 is 0. The van der Waals surface area contributed by atoms with Crippen LogP contribution in [0, 0.1) is 11.3 Å². The minimum Gasteiger partial charge on any atom is -0.496 e. The van der Waals surface area contributed by atoms with Crippen molar-refractivity contribution in [3.8, 4) is 23.1 Å². The van der Waals surface area contributed by atoms with E-state index in [-0.39, 0.29) is 12.5 Å². The highest BCUT2D eigenvalue weighted by Crippen LogP contribution is 2.26. The molecule has 3 aromatic rings. The van der Waals surface area contributed by atoms with Gasteiger partial charge in [0.15, 0.2) is 0 Å². The number of hydrogen-bond acceptors (Lipinski definition) is 7. The number of aromatic nitrogens is 3. The van der Waals surface area contributed by atoms with E-state index < -0.39 is 0 Å². The highest BCUT2D eigenvalue weighted by atomic mass is 16.5. The van der Waals surface area contributed by atoms with E-state index in [1.165, 1.54) is 6.33 Å². The SMILES string of the molecule is COc1ccccc1[C@H](C)CNc1cc(-c2ccc(NCC#N)nc2)ncn1. The number of anilines is 2. The summed E-state index contributed by atoms with van der Waals surface area (Å²) in [5.74, 6) is 2.54. The molecule has 7 nitrogen and oxygen atoms in total. The second-order valence-corrected chi connectivity index (χ2v) is 6.26. The van der Waals surface area contributed by atoms with E-state index in [9.17, 15) is 0 Å². The monoisotopic (exact) mass is 374 g/mol. The smallest absolute Gasteiger partial charge is 0.129 e. The zero-order valence-corrected chi connectivity index (χ0v) is 15.9. The van der Waals surface area contributed by atoms with Gasteiger partial charge in [-0.3, -0.25) is 0 Å². The predicted octanol–water partition coefficient (Wildman–Crippen LogP) is 3.70. The van der Waals surface area contributed by atoms with Gasteiger partial charge in [0.1, 0.15) is 30.3 Å². The van der Waals surface area contributed by atoms with Gasteiger partial charge < -0.3 is 15.4 Å². The van der Waals surface area contributed by atoms with Crippen LogP contribution in [0.5, 0.6) is 5.75 Å². The Balaban J connectivity index is 1.67. The first-order valence-corrected chi connectivity index (χ1v) is 8.97. The maximum Gasteiger partial charge on any atom is 0.129 e. The van der Waals surface area contributed by atoms with Gasteiger partial charge in [0, 0.05) is 30.3 Å². The molecular formula is C21H22N6O. The van der Waals surface area contributed by atoms with Crippen LogP contribution >= 0.6 is 0 Å². The van der Waals surface area contributed by atoms with Crippen molar-refractivity contribution in [3.05, 3.63) is 60.6 Å². The summed E-state index contributed by atoms with van der Waals surface area (Å²) < 4.78 is 5.45. The summed E-state index contributed by atoms with van der Waals surface area (Å²) in [7, 11) is 1.69. The summed E-state index contributed by atoms with van der Waals surface area (Å²) in [6.07, 6.45) is 3.26. The molecule has 2 heterocycles. The van der Waals surface area contributed by atoms with Gasteiger partial charge in [0.2, 0.25) is 0 Å². The lowest BCUT2D eigenvalue weighted by atomic mass is 10.00. The van der Waals surface area contributed by atoms with Gasteiger partial charge in [0.05, 0.1) is 18.9 Å². The third-order valence-corrected chi connectivity index (χ3v) is 4.33. The Morgan fingerprint density at radius 2 is 1.93 bits per heavy atom. The van der Waals surface area contributed by atoms with Gasteiger partial charge in [-0.05, 0) is 23.8 Å². The van der Waals surface area contributed by atoms with E-state index in [1.54, 1.807) is 13.3 Å². The molecule has 0 spiro atoms. The lowest BCUT2D eigenvalue weighted by Crippen LogP contribution is -2.12. The summed E-state index contributed by atoms with van der Waals surface area (Å²) in [5.41, 5.74) is 2.81. The quantitative estimate of drug-likeness (QED) is 0.580. The van der Waals surface area contributed by atoms with Gasteiger partial charge in [-0.1, -0.05) is 25.1 Å². The van der Waals surface area contributed by atoms with Crippen molar-refractivity contribution in [2.75, 3.05) is 30.8 Å². The molecule has 0 saturated heterocycles. The molecule has 142 valence electrons. The minimum absolute atomic E-state index is 0.221. The van der Waals surface area contributed by atoms with Gasteiger partial charge >= 0.3 is 0 Å². The van der Waals surface area contributed by atoms with Crippen LogP contribution in [0.3, 0.4) is 0 Å². The maximum absolute atomic E-state index is 8.61. The molecule has 1 aromatic carbocycles. The highest BCUT2D eigenvalue weighted by molar-refractivity contribution is 5.62. The molecule has 0 bridgehead atoms. The van der Waals surface area contributed by atoms with Crippen molar-refractivity contribution in [2.24, 2.45) is 0 Å². The molecule has 2 aromatic heterocycles. The number of nitriles is 1. The van der Waals surface area contributed by atoms with E-state index in [0.717, 1.165) is 28.4 Å². The zero-order valence-electron chi connectivity index (χ0n) is 15.9. The number of hydrogen-bond donors (Lipinski definition) is 2. The number of ether oxygens (including phenoxy) is 1. The van der Waals surface area contributed by atoms with Crippen LogP contribution in [0.4, 0.5) is 11.6 Å². The molecule has 7 heteroatoms. The number of pyridine rings is 1. The molecule has 3 rings (SSSR count). The summed E-state index contributed by atoms with van der Waals surface area (Å²) in [4.78, 5) is 12.9. The number of para-hydroxylation sites is 1. The summed E-state index contributed by atoms with van der Waals surface area (Å²) in [5, 5.41) is 14.9. The Kier molecular flexibility index (Phi) is 6.37. The first-order valence-electron chi connectivity index (χ1n) is 8.97. The van der Waals surface area contributed by atoms with E-state index in [2.05, 4.69) is 38.6 Å². The lowest BCUT2D eigenvalue weighted by molar-refractivity contribution is 0.407. The summed E-state index contributed by atoms with van der Waals surface area (Å²) in [6.45, 7) is 3.08. The number of nitrogens with zero attached hydrogens (tertiary/aromatic N) is 4. The Bertz CT molecular complexity index is 952. The van der Waals surface area contributed by atoms with Crippen LogP contribution < -0.4 is 15.4 Å². The van der Waals surface area contributed by atoms with Crippen molar-refractivity contribution in [1.82, 2.24) is 15.0 Å². The van der Waals surface area contributed by atoms with Crippen LogP contribution in [0.2, 0.25) is 0 Å². The second kappa shape index (κ2) is 9.33. The van der Waals surface area contributed by atoms with Crippen molar-refractivity contribution in [1.29, 1.82) is 5.26 Å². The predicted molar refractivity (Wildman–Crippen MR) is 109 cm³/mol. The number of nitrogens with one attached hydrogen (secondary N) is 2. The van der Waals surface area contributed by atoms with Gasteiger partial charge in [-0.2, -0.15) is 5.26 Å². The van der Waals surface area contributed by atoms with Crippen LogP contribution in [-0.2, 0) is 0 Å². The Morgan fingerprint density at radius 1 is 1.07 bits per heavy atom. The molecule has 0 aliphatic heterocycles. The summed E-state index contributed by atoms with van der Waals surface area (Å²) in [6, 6.07) is 15.7. The fraction of sp³-hybridized carbons (Fsp3) is 0.238. The van der Waals surface area contributed by atoms with Crippen LogP contribution in [0.25, 0.3) is 11.3 Å². The zero-order chi connectivity index (χ0) is 19.8. The average molecular weight is 374 g/mol. The first-order chi connectivity index (χ1) is 13.7. The number of methoxy groups -OCH3 is 1. The lowest BCUT2D eigenvalue weighted by Gasteiger charge is -2.16. The second-order valence-electron chi connectivity index (χ2n) is 6.26. The molecule has 0 radical (unpaired) electrons. The van der Waals surface area contributed by atoms with E-state index >= 15 is 0 Å². The normalized spacial score (nSPS) is 11.3. The van der Waals surface area contributed by atoms with Crippen LogP contribution in [0.15, 0.2) is 55.0 Å². The van der Waals surface area contributed by atoms with E-state index in [0.29, 0.717) is 12.4 Å². The Hall–Kier alpha value is -3.66. The van der Waals surface area contributed by atoms with Gasteiger partial charge in [-0.15, -0.1) is 0 Å². The molecular weight excluding hydrogens is 352 g/mol. The Labute approximate surface area is 164 Å². The average Bonchev–Trinajstić information content (AvgIpc) is 2.76. The minimum atomic E-state index is 0.221. The third kappa shape index (κ3) is 4.74. The topological polar surface area (TPSA) is 95.8 Å². The van der Waals surface area contributed by atoms with Crippen molar-refractivity contribution < 1.29 is 4.74 Å². The van der Waals surface area contributed by atoms with E-state index in [1.807, 2.05) is 42.5 Å². The largest absolute Gasteiger partial charge is 0.496 e. The first kappa shape index (κ1) is 19.1. The fourth-order valence-electron chi connectivity index (χ4n) is 2.83. The Morgan fingerprint density at radius 3 is 2.68 bits per heavy atom. The van der Waals surface area contributed by atoms with Crippen molar-refractivity contribution in [3.63, 3.8) is 0 Å². The molecule has 0 aliphatic rings. The standard InChI is InChI=1S/C21H22N6O/c1-15(17-5-3-4-6-19(17)28-2)12-24-21-11-18(26-14-27-21)16-7-8-20(25-13-16)23-10-9-22/h3-8,11,13-15H,10,12H2,1-2H3,(H,23,25)(H,24,26,27)/t15-/m1/s1. The molecule has 1 atom stereocenters. The third-order valence-electron chi connectivity index (χ3n) is 4.33. The highest BCUT2D eigenvalue weighted by Gasteiger charge is 2.11. The number of benzene rings is 1. The molecule has 0 unspecified atom stereocenters. The van der Waals surface area contributed by atoms with Crippen LogP contribution in [-0.4, -0.2) is 35.2 Å². The van der Waals surface area contributed by atoms with Gasteiger partial charge in [-0.25, -0.2) is 15.0 Å². The molecule has 0 fully saturated rings. The van der Waals surface area contributed by atoms with Gasteiger partial charge in [0.25, 0.3) is 0 Å². The van der Waals surface area contributed by atoms with Crippen molar-refractivity contribution in [2.45, 2.75) is 12.8 Å². The molecule has 28 heavy (non-hydrogen) atoms. The number of rotatable bonds is 8. The molecule has 0 saturated carbocycles. The fourth-order valence-corrected chi connectivity index (χ4v) is 2.83. The van der Waals surface area contributed by atoms with Crippen molar-refractivity contribution >= 4 is 11.6 Å². The van der Waals surface area contributed by atoms with E-state index in [4.69, 9.17) is 10.00 Å². The molecule has 0 aliphatic carbocycles. The molecule has 2 N–H and O–H groups in total. The van der Waals surface area contributed by atoms with Crippen LogP contribution in [0.1, 0.15) is 18.4 Å².